The Morgan fingerprint density at radius 2 is 1.81 bits per heavy atom. The van der Waals surface area contributed by atoms with Crippen LogP contribution in [0.3, 0.4) is 0 Å². The maximum atomic E-state index is 12.5. The average molecular weight is 394 g/mol. The van der Waals surface area contributed by atoms with Crippen LogP contribution >= 0.6 is 0 Å². The Balaban J connectivity index is 1.70. The molecule has 1 aliphatic rings. The number of ketones is 1. The topological polar surface area (TPSA) is 46.6 Å². The standard InChI is InChI=1S/C22H35NO3S/c1-17(26-22(2,3)4)23-15-13-19(14-16-23)21(24)8-6-7-18-9-11-20(12-10-18)27(5)25/h9-12,17,19H,6-8,13-16H2,1-5H3. The summed E-state index contributed by atoms with van der Waals surface area (Å²) in [4.78, 5) is 15.7. The van der Waals surface area contributed by atoms with Gasteiger partial charge in [0.05, 0.1) is 5.60 Å². The molecule has 152 valence electrons. The van der Waals surface area contributed by atoms with E-state index in [0.717, 1.165) is 43.7 Å². The van der Waals surface area contributed by atoms with Crippen LogP contribution in [0.1, 0.15) is 58.9 Å². The lowest BCUT2D eigenvalue weighted by atomic mass is 9.89. The zero-order chi connectivity index (χ0) is 20.0. The Morgan fingerprint density at radius 1 is 1.22 bits per heavy atom. The first-order valence-corrected chi connectivity index (χ1v) is 11.6. The van der Waals surface area contributed by atoms with Crippen molar-refractivity contribution in [3.8, 4) is 0 Å². The first-order valence-electron chi connectivity index (χ1n) is 10.0. The minimum absolute atomic E-state index is 0.0986. The van der Waals surface area contributed by atoms with Gasteiger partial charge in [-0.1, -0.05) is 12.1 Å². The molecule has 27 heavy (non-hydrogen) atoms. The van der Waals surface area contributed by atoms with Crippen molar-refractivity contribution in [1.82, 2.24) is 4.90 Å². The van der Waals surface area contributed by atoms with Crippen molar-refractivity contribution in [2.24, 2.45) is 5.92 Å². The number of piperidine rings is 1. The van der Waals surface area contributed by atoms with Gasteiger partial charge in [0, 0.05) is 47.4 Å². The van der Waals surface area contributed by atoms with Crippen LogP contribution in [0.15, 0.2) is 29.2 Å². The number of carbonyl (C=O) groups is 1. The monoisotopic (exact) mass is 393 g/mol. The maximum Gasteiger partial charge on any atom is 0.136 e. The number of hydrogen-bond donors (Lipinski definition) is 0. The number of ether oxygens (including phenoxy) is 1. The van der Waals surface area contributed by atoms with Crippen LogP contribution < -0.4 is 0 Å². The smallest absolute Gasteiger partial charge is 0.136 e. The highest BCUT2D eigenvalue weighted by Crippen LogP contribution is 2.24. The number of benzene rings is 1. The molecule has 0 saturated carbocycles. The molecule has 1 aromatic carbocycles. The summed E-state index contributed by atoms with van der Waals surface area (Å²) in [5.74, 6) is 0.610. The second-order valence-corrected chi connectivity index (χ2v) is 9.94. The van der Waals surface area contributed by atoms with Gasteiger partial charge in [-0.15, -0.1) is 0 Å². The average Bonchev–Trinajstić information content (AvgIpc) is 2.60. The van der Waals surface area contributed by atoms with Gasteiger partial charge in [0.25, 0.3) is 0 Å². The second-order valence-electron chi connectivity index (χ2n) is 8.56. The van der Waals surface area contributed by atoms with E-state index < -0.39 is 10.8 Å². The Hall–Kier alpha value is -1.04. The van der Waals surface area contributed by atoms with E-state index in [-0.39, 0.29) is 17.7 Å². The number of nitrogens with zero attached hydrogens (tertiary/aromatic N) is 1. The van der Waals surface area contributed by atoms with E-state index in [4.69, 9.17) is 4.74 Å². The van der Waals surface area contributed by atoms with Crippen molar-refractivity contribution < 1.29 is 13.7 Å². The van der Waals surface area contributed by atoms with Gasteiger partial charge in [0.1, 0.15) is 12.0 Å². The third-order valence-electron chi connectivity index (χ3n) is 5.17. The molecule has 1 fully saturated rings. The first-order chi connectivity index (χ1) is 12.7. The lowest BCUT2D eigenvalue weighted by Gasteiger charge is -2.38. The van der Waals surface area contributed by atoms with Crippen molar-refractivity contribution in [1.29, 1.82) is 0 Å². The SMILES string of the molecule is CC(OC(C)(C)C)N1CCC(C(=O)CCCc2ccc(S(C)=O)cc2)CC1. The minimum Gasteiger partial charge on any atom is -0.358 e. The molecular weight excluding hydrogens is 358 g/mol. The van der Waals surface area contributed by atoms with E-state index in [1.54, 1.807) is 6.26 Å². The number of likely N-dealkylation sites (tertiary alicyclic amines) is 1. The van der Waals surface area contributed by atoms with E-state index in [1.807, 2.05) is 24.3 Å². The zero-order valence-corrected chi connectivity index (χ0v) is 18.3. The van der Waals surface area contributed by atoms with Gasteiger partial charge >= 0.3 is 0 Å². The third-order valence-corrected chi connectivity index (χ3v) is 6.10. The number of hydrogen-bond acceptors (Lipinski definition) is 4. The van der Waals surface area contributed by atoms with Crippen molar-refractivity contribution in [2.45, 2.75) is 76.5 Å². The largest absolute Gasteiger partial charge is 0.358 e. The van der Waals surface area contributed by atoms with E-state index in [2.05, 4.69) is 32.6 Å². The Morgan fingerprint density at radius 3 is 2.33 bits per heavy atom. The molecular formula is C22H35NO3S. The minimum atomic E-state index is -0.933. The van der Waals surface area contributed by atoms with Gasteiger partial charge in [-0.3, -0.25) is 13.9 Å². The van der Waals surface area contributed by atoms with Crippen LogP contribution in [0, 0.1) is 5.92 Å². The van der Waals surface area contributed by atoms with Crippen molar-refractivity contribution in [3.05, 3.63) is 29.8 Å². The van der Waals surface area contributed by atoms with Crippen molar-refractivity contribution >= 4 is 16.6 Å². The van der Waals surface area contributed by atoms with Gasteiger partial charge in [-0.25, -0.2) is 0 Å². The van der Waals surface area contributed by atoms with Crippen LogP contribution in [-0.4, -0.2) is 46.1 Å². The maximum absolute atomic E-state index is 12.5. The predicted octanol–water partition coefficient (Wildman–Crippen LogP) is 4.19. The van der Waals surface area contributed by atoms with Gasteiger partial charge in [0.2, 0.25) is 0 Å². The Labute approximate surface area is 167 Å². The predicted molar refractivity (Wildman–Crippen MR) is 111 cm³/mol. The molecule has 0 amide bonds. The highest BCUT2D eigenvalue weighted by atomic mass is 32.2. The Bertz CT molecular complexity index is 628. The van der Waals surface area contributed by atoms with Crippen LogP contribution in [0.4, 0.5) is 0 Å². The summed E-state index contributed by atoms with van der Waals surface area (Å²) in [5.41, 5.74) is 1.07. The molecule has 0 N–H and O–H groups in total. The molecule has 2 unspecified atom stereocenters. The lowest BCUT2D eigenvalue weighted by Crippen LogP contribution is -2.45. The highest BCUT2D eigenvalue weighted by molar-refractivity contribution is 7.84. The summed E-state index contributed by atoms with van der Waals surface area (Å²) in [6, 6.07) is 7.89. The van der Waals surface area contributed by atoms with Crippen molar-refractivity contribution in [2.75, 3.05) is 19.3 Å². The number of Topliss-reactive ketones (excluding diaryl/α,β-unsaturated/α-hetero) is 1. The van der Waals surface area contributed by atoms with Gasteiger partial charge in [-0.2, -0.15) is 0 Å². The fourth-order valence-corrected chi connectivity index (χ4v) is 4.21. The molecule has 1 saturated heterocycles. The normalized spacial score (nSPS) is 19.0. The molecule has 1 aromatic rings. The summed E-state index contributed by atoms with van der Waals surface area (Å²) in [6.07, 6.45) is 6.10. The lowest BCUT2D eigenvalue weighted by molar-refractivity contribution is -0.137. The van der Waals surface area contributed by atoms with Gasteiger partial charge in [0.15, 0.2) is 0 Å². The molecule has 0 aromatic heterocycles. The fraction of sp³-hybridized carbons (Fsp3) is 0.682. The molecule has 0 bridgehead atoms. The Kier molecular flexibility index (Phi) is 8.20. The van der Waals surface area contributed by atoms with Crippen LogP contribution in [0.5, 0.6) is 0 Å². The van der Waals surface area contributed by atoms with Crippen LogP contribution in [0.2, 0.25) is 0 Å². The molecule has 5 heteroatoms. The van der Waals surface area contributed by atoms with Crippen LogP contribution in [-0.2, 0) is 26.8 Å². The summed E-state index contributed by atoms with van der Waals surface area (Å²) >= 11 is 0. The van der Waals surface area contributed by atoms with E-state index in [9.17, 15) is 9.00 Å². The molecule has 0 spiro atoms. The molecule has 0 aliphatic carbocycles. The first kappa shape index (κ1) is 22.3. The molecule has 4 nitrogen and oxygen atoms in total. The highest BCUT2D eigenvalue weighted by Gasteiger charge is 2.28. The zero-order valence-electron chi connectivity index (χ0n) is 17.5. The molecule has 0 radical (unpaired) electrons. The second kappa shape index (κ2) is 9.94. The molecule has 1 aliphatic heterocycles. The quantitative estimate of drug-likeness (QED) is 0.664. The summed E-state index contributed by atoms with van der Waals surface area (Å²) in [5, 5.41) is 0. The fourth-order valence-electron chi connectivity index (χ4n) is 3.69. The van der Waals surface area contributed by atoms with Gasteiger partial charge < -0.3 is 4.74 Å². The molecule has 2 rings (SSSR count). The van der Waals surface area contributed by atoms with Crippen molar-refractivity contribution in [3.63, 3.8) is 0 Å². The summed E-state index contributed by atoms with van der Waals surface area (Å²) < 4.78 is 17.5. The molecule has 1 heterocycles. The van der Waals surface area contributed by atoms with Crippen LogP contribution in [0.25, 0.3) is 0 Å². The summed E-state index contributed by atoms with van der Waals surface area (Å²) in [6.45, 7) is 10.2. The van der Waals surface area contributed by atoms with E-state index in [1.165, 1.54) is 5.56 Å². The summed E-state index contributed by atoms with van der Waals surface area (Å²) in [7, 11) is -0.933. The number of rotatable bonds is 8. The number of carbonyl (C=O) groups excluding carboxylic acids is 1. The van der Waals surface area contributed by atoms with E-state index in [0.29, 0.717) is 12.2 Å². The number of aryl methyl sites for hydroxylation is 1. The third kappa shape index (κ3) is 7.47. The molecule has 2 atom stereocenters. The van der Waals surface area contributed by atoms with E-state index >= 15 is 0 Å². The van der Waals surface area contributed by atoms with Gasteiger partial charge in [-0.05, 0) is 71.1 Å².